The molecule has 0 aliphatic heterocycles. The Bertz CT molecular complexity index is 331. The van der Waals surface area contributed by atoms with Gasteiger partial charge in [0.2, 0.25) is 0 Å². The molecule has 5 heteroatoms. The highest BCUT2D eigenvalue weighted by Crippen LogP contribution is 2.13. The third kappa shape index (κ3) is 2.59. The average Bonchev–Trinajstić information content (AvgIpc) is 2.26. The third-order valence-electron chi connectivity index (χ3n) is 2.33. The van der Waals surface area contributed by atoms with Crippen LogP contribution in [0.5, 0.6) is 0 Å². The van der Waals surface area contributed by atoms with Crippen molar-refractivity contribution in [1.29, 1.82) is 0 Å². The van der Waals surface area contributed by atoms with E-state index < -0.39 is 8.80 Å². The summed E-state index contributed by atoms with van der Waals surface area (Å²) in [6.07, 6.45) is 0. The Labute approximate surface area is 105 Å². The second kappa shape index (κ2) is 5.40. The van der Waals surface area contributed by atoms with Crippen LogP contribution in [0.2, 0.25) is 0 Å². The summed E-state index contributed by atoms with van der Waals surface area (Å²) in [6, 6.07) is 6.11. The molecule has 0 atom stereocenters. The van der Waals surface area contributed by atoms with Crippen LogP contribution >= 0.6 is 22.6 Å². The molecule has 0 aromatic heterocycles. The van der Waals surface area contributed by atoms with Crippen LogP contribution in [0, 0.1) is 10.5 Å². The first-order chi connectivity index (χ1) is 7.09. The van der Waals surface area contributed by atoms with E-state index in [1.807, 2.05) is 6.07 Å². The largest absolute Gasteiger partial charge is 0.536 e. The van der Waals surface area contributed by atoms with E-state index in [1.165, 1.54) is 9.13 Å². The summed E-state index contributed by atoms with van der Waals surface area (Å²) in [7, 11) is 2.20. The minimum atomic E-state index is -2.65. The Hall–Kier alpha value is 0.0469. The average molecular weight is 338 g/mol. The normalized spacial score (nSPS) is 11.8. The van der Waals surface area contributed by atoms with Gasteiger partial charge < -0.3 is 13.3 Å². The summed E-state index contributed by atoms with van der Waals surface area (Å²) in [5.74, 6) is 0. The van der Waals surface area contributed by atoms with Crippen LogP contribution in [0.3, 0.4) is 0 Å². The van der Waals surface area contributed by atoms with Gasteiger partial charge >= 0.3 is 8.80 Å². The van der Waals surface area contributed by atoms with Crippen molar-refractivity contribution in [1.82, 2.24) is 0 Å². The highest BCUT2D eigenvalue weighted by molar-refractivity contribution is 14.1. The van der Waals surface area contributed by atoms with Gasteiger partial charge in [0.25, 0.3) is 0 Å². The fraction of sp³-hybridized carbons (Fsp3) is 0.400. The summed E-state index contributed by atoms with van der Waals surface area (Å²) in [6.45, 7) is 2.07. The zero-order chi connectivity index (χ0) is 11.5. The van der Waals surface area contributed by atoms with Crippen molar-refractivity contribution in [2.24, 2.45) is 0 Å². The van der Waals surface area contributed by atoms with Crippen molar-refractivity contribution in [3.8, 4) is 0 Å². The molecule has 3 nitrogen and oxygen atoms in total. The van der Waals surface area contributed by atoms with Gasteiger partial charge in [0.1, 0.15) is 0 Å². The third-order valence-corrected chi connectivity index (χ3v) is 6.12. The van der Waals surface area contributed by atoms with E-state index in [9.17, 15) is 0 Å². The highest BCUT2D eigenvalue weighted by Gasteiger charge is 2.40. The second-order valence-electron chi connectivity index (χ2n) is 3.13. The summed E-state index contributed by atoms with van der Waals surface area (Å²) < 4.78 is 17.4. The van der Waals surface area contributed by atoms with Gasteiger partial charge in [-0.2, -0.15) is 0 Å². The molecule has 0 unspecified atom stereocenters. The quantitative estimate of drug-likeness (QED) is 0.618. The molecule has 0 saturated heterocycles. The van der Waals surface area contributed by atoms with Gasteiger partial charge in [-0.25, -0.2) is 0 Å². The summed E-state index contributed by atoms with van der Waals surface area (Å²) in [4.78, 5) is 0. The fourth-order valence-electron chi connectivity index (χ4n) is 1.39. The molecule has 0 saturated carbocycles. The Kier molecular flexibility index (Phi) is 4.72. The minimum Gasteiger partial charge on any atom is -0.373 e. The number of hydrogen-bond donors (Lipinski definition) is 0. The SMILES string of the molecule is CO[Si](OC)(OC)c1ccc(C)c(I)c1. The van der Waals surface area contributed by atoms with Crippen molar-refractivity contribution in [2.75, 3.05) is 21.3 Å². The predicted molar refractivity (Wildman–Crippen MR) is 70.3 cm³/mol. The van der Waals surface area contributed by atoms with Gasteiger partial charge in [-0.1, -0.05) is 12.1 Å². The molecule has 84 valence electrons. The zero-order valence-electron chi connectivity index (χ0n) is 9.33. The molecule has 0 bridgehead atoms. The summed E-state index contributed by atoms with van der Waals surface area (Å²) >= 11 is 2.29. The first-order valence-electron chi connectivity index (χ1n) is 4.51. The van der Waals surface area contributed by atoms with Crippen molar-refractivity contribution < 1.29 is 13.3 Å². The molecule has 1 rings (SSSR count). The lowest BCUT2D eigenvalue weighted by molar-refractivity contribution is 0.140. The van der Waals surface area contributed by atoms with Crippen LogP contribution in [0.25, 0.3) is 0 Å². The smallest absolute Gasteiger partial charge is 0.373 e. The van der Waals surface area contributed by atoms with Crippen LogP contribution in [-0.4, -0.2) is 30.1 Å². The molecule has 0 spiro atoms. The van der Waals surface area contributed by atoms with E-state index in [1.54, 1.807) is 21.3 Å². The molecule has 15 heavy (non-hydrogen) atoms. The van der Waals surface area contributed by atoms with E-state index in [0.717, 1.165) is 5.19 Å². The van der Waals surface area contributed by atoms with Gasteiger partial charge in [-0.05, 0) is 41.1 Å². The Balaban J connectivity index is 3.17. The second-order valence-corrected chi connectivity index (χ2v) is 7.21. The molecule has 1 aromatic rings. The first-order valence-corrected chi connectivity index (χ1v) is 7.32. The van der Waals surface area contributed by atoms with Crippen molar-refractivity contribution in [2.45, 2.75) is 6.92 Å². The van der Waals surface area contributed by atoms with Crippen molar-refractivity contribution in [3.05, 3.63) is 27.3 Å². The number of benzene rings is 1. The minimum absolute atomic E-state index is 0.991. The molecule has 0 aliphatic rings. The lowest BCUT2D eigenvalue weighted by Gasteiger charge is -2.24. The van der Waals surface area contributed by atoms with E-state index in [2.05, 4.69) is 41.6 Å². The summed E-state index contributed by atoms with van der Waals surface area (Å²) in [5, 5.41) is 0.991. The number of rotatable bonds is 4. The van der Waals surface area contributed by atoms with Crippen LogP contribution in [0.4, 0.5) is 0 Å². The van der Waals surface area contributed by atoms with Crippen molar-refractivity contribution in [3.63, 3.8) is 0 Å². The maximum atomic E-state index is 5.41. The van der Waals surface area contributed by atoms with Gasteiger partial charge in [0.15, 0.2) is 0 Å². The van der Waals surface area contributed by atoms with E-state index >= 15 is 0 Å². The van der Waals surface area contributed by atoms with Gasteiger partial charge in [0, 0.05) is 30.1 Å². The maximum Gasteiger partial charge on any atom is 0.536 e. The maximum absolute atomic E-state index is 5.41. The topological polar surface area (TPSA) is 27.7 Å². The molecule has 0 N–H and O–H groups in total. The lowest BCUT2D eigenvalue weighted by atomic mass is 10.2. The van der Waals surface area contributed by atoms with Crippen LogP contribution in [0.1, 0.15) is 5.56 Å². The molecule has 1 aromatic carbocycles. The Morgan fingerprint density at radius 1 is 1.07 bits per heavy atom. The lowest BCUT2D eigenvalue weighted by Crippen LogP contribution is -2.54. The van der Waals surface area contributed by atoms with Gasteiger partial charge in [-0.15, -0.1) is 0 Å². The molecular weight excluding hydrogens is 323 g/mol. The van der Waals surface area contributed by atoms with Crippen LogP contribution in [0.15, 0.2) is 18.2 Å². The molecule has 0 fully saturated rings. The van der Waals surface area contributed by atoms with E-state index in [4.69, 9.17) is 13.3 Å². The first kappa shape index (κ1) is 13.1. The van der Waals surface area contributed by atoms with Gasteiger partial charge in [-0.3, -0.25) is 0 Å². The standard InChI is InChI=1S/C10H15IO3Si/c1-8-5-6-9(7-10(8)11)15(12-2,13-3)14-4/h5-7H,1-4H3. The van der Waals surface area contributed by atoms with Crippen LogP contribution < -0.4 is 5.19 Å². The van der Waals surface area contributed by atoms with Crippen LogP contribution in [-0.2, 0) is 13.3 Å². The number of halogens is 1. The molecule has 0 aliphatic carbocycles. The van der Waals surface area contributed by atoms with E-state index in [-0.39, 0.29) is 0 Å². The molecular formula is C10H15IO3Si. The Morgan fingerprint density at radius 3 is 2.00 bits per heavy atom. The number of hydrogen-bond acceptors (Lipinski definition) is 3. The fourth-order valence-corrected chi connectivity index (χ4v) is 4.01. The molecule has 0 amide bonds. The van der Waals surface area contributed by atoms with Gasteiger partial charge in [0.05, 0.1) is 0 Å². The summed E-state index contributed by atoms with van der Waals surface area (Å²) in [5.41, 5.74) is 1.24. The zero-order valence-corrected chi connectivity index (χ0v) is 12.5. The van der Waals surface area contributed by atoms with E-state index in [0.29, 0.717) is 0 Å². The van der Waals surface area contributed by atoms with Crippen molar-refractivity contribution >= 4 is 36.6 Å². The Morgan fingerprint density at radius 2 is 1.60 bits per heavy atom. The molecule has 0 radical (unpaired) electrons. The number of aryl methyl sites for hydroxylation is 1. The molecule has 0 heterocycles. The highest BCUT2D eigenvalue weighted by atomic mass is 127. The monoisotopic (exact) mass is 338 g/mol. The predicted octanol–water partition coefficient (Wildman–Crippen LogP) is 1.68.